The third kappa shape index (κ3) is 3.97. The zero-order valence-corrected chi connectivity index (χ0v) is 24.8. The average molecular weight is 584 g/mol. The van der Waals surface area contributed by atoms with Gasteiger partial charge in [-0.05, 0) is 64.9 Å². The Balaban J connectivity index is 1.33. The number of hydrogen-bond donors (Lipinski definition) is 0. The number of nitrogens with zero attached hydrogens (tertiary/aromatic N) is 1. The van der Waals surface area contributed by atoms with E-state index in [1.54, 1.807) is 0 Å². The predicted molar refractivity (Wildman–Crippen MR) is 190 cm³/mol. The standard InChI is InChI=1S/C40H25NS2/c1-2-10-26(11-3-1)30-12-4-7-15-35(30)41(29-21-22-32-31-13-5-8-16-36(31)43-39(32)25-29)28-20-18-27-19-23-38-40(34(27)24-28)33-14-6-9-17-37(33)42-38/h1-25H. The summed E-state index contributed by atoms with van der Waals surface area (Å²) in [6, 6.07) is 55.5. The summed E-state index contributed by atoms with van der Waals surface area (Å²) in [4.78, 5) is 2.44. The second-order valence-electron chi connectivity index (χ2n) is 10.9. The third-order valence-electron chi connectivity index (χ3n) is 8.45. The minimum absolute atomic E-state index is 1.15. The first-order chi connectivity index (χ1) is 21.3. The summed E-state index contributed by atoms with van der Waals surface area (Å²) in [5.74, 6) is 0. The smallest absolute Gasteiger partial charge is 0.0540 e. The number of rotatable bonds is 4. The highest BCUT2D eigenvalue weighted by atomic mass is 32.1. The van der Waals surface area contributed by atoms with Crippen molar-refractivity contribution in [2.45, 2.75) is 0 Å². The fourth-order valence-corrected chi connectivity index (χ4v) is 8.74. The maximum absolute atomic E-state index is 2.44. The van der Waals surface area contributed by atoms with Crippen LogP contribution in [0.3, 0.4) is 0 Å². The van der Waals surface area contributed by atoms with Crippen LogP contribution in [0.15, 0.2) is 152 Å². The zero-order chi connectivity index (χ0) is 28.3. The molecule has 0 saturated carbocycles. The second kappa shape index (κ2) is 9.81. The number of para-hydroxylation sites is 1. The van der Waals surface area contributed by atoms with Crippen molar-refractivity contribution in [1.29, 1.82) is 0 Å². The van der Waals surface area contributed by atoms with E-state index in [1.807, 2.05) is 22.7 Å². The molecule has 0 amide bonds. The van der Waals surface area contributed by atoms with Crippen molar-refractivity contribution in [2.24, 2.45) is 0 Å². The van der Waals surface area contributed by atoms with Crippen molar-refractivity contribution in [2.75, 3.05) is 4.90 Å². The molecule has 0 spiro atoms. The molecule has 0 bridgehead atoms. The topological polar surface area (TPSA) is 3.24 Å². The van der Waals surface area contributed by atoms with Gasteiger partial charge in [-0.2, -0.15) is 0 Å². The van der Waals surface area contributed by atoms with Crippen LogP contribution in [0.4, 0.5) is 17.1 Å². The monoisotopic (exact) mass is 583 g/mol. The molecule has 0 aliphatic heterocycles. The van der Waals surface area contributed by atoms with Gasteiger partial charge in [0.05, 0.1) is 5.69 Å². The minimum Gasteiger partial charge on any atom is -0.310 e. The first-order valence-electron chi connectivity index (χ1n) is 14.5. The molecule has 9 rings (SSSR count). The second-order valence-corrected chi connectivity index (χ2v) is 13.1. The van der Waals surface area contributed by atoms with Gasteiger partial charge >= 0.3 is 0 Å². The Morgan fingerprint density at radius 3 is 1.91 bits per heavy atom. The van der Waals surface area contributed by atoms with Crippen molar-refractivity contribution in [3.63, 3.8) is 0 Å². The molecule has 0 aliphatic rings. The summed E-state index contributed by atoms with van der Waals surface area (Å²) in [5.41, 5.74) is 5.89. The molecule has 43 heavy (non-hydrogen) atoms. The van der Waals surface area contributed by atoms with E-state index in [4.69, 9.17) is 0 Å². The van der Waals surface area contributed by atoms with Crippen molar-refractivity contribution < 1.29 is 0 Å². The highest BCUT2D eigenvalue weighted by molar-refractivity contribution is 7.26. The van der Waals surface area contributed by atoms with E-state index in [-0.39, 0.29) is 0 Å². The Morgan fingerprint density at radius 1 is 0.395 bits per heavy atom. The molecule has 2 heterocycles. The minimum atomic E-state index is 1.15. The Hall–Kier alpha value is -4.96. The van der Waals surface area contributed by atoms with Gasteiger partial charge in [0.25, 0.3) is 0 Å². The van der Waals surface area contributed by atoms with Gasteiger partial charge in [0.2, 0.25) is 0 Å². The Labute approximate surface area is 257 Å². The van der Waals surface area contributed by atoms with Crippen LogP contribution in [0.5, 0.6) is 0 Å². The molecule has 202 valence electrons. The average Bonchev–Trinajstić information content (AvgIpc) is 3.64. The normalized spacial score (nSPS) is 11.7. The van der Waals surface area contributed by atoms with E-state index < -0.39 is 0 Å². The summed E-state index contributed by atoms with van der Waals surface area (Å²) in [5, 5.41) is 7.85. The van der Waals surface area contributed by atoms with Gasteiger partial charge in [-0.3, -0.25) is 0 Å². The van der Waals surface area contributed by atoms with Crippen LogP contribution in [0.25, 0.3) is 62.2 Å². The molecule has 0 aliphatic carbocycles. The van der Waals surface area contributed by atoms with E-state index in [1.165, 1.54) is 62.2 Å². The molecule has 9 aromatic rings. The number of hydrogen-bond acceptors (Lipinski definition) is 3. The molecular weight excluding hydrogens is 559 g/mol. The first-order valence-corrected chi connectivity index (χ1v) is 16.1. The molecule has 0 fully saturated rings. The third-order valence-corrected chi connectivity index (χ3v) is 10.7. The molecule has 0 saturated heterocycles. The highest BCUT2D eigenvalue weighted by Gasteiger charge is 2.19. The van der Waals surface area contributed by atoms with Gasteiger partial charge in [-0.25, -0.2) is 0 Å². The predicted octanol–water partition coefficient (Wildman–Crippen LogP) is 12.7. The fraction of sp³-hybridized carbons (Fsp3) is 0. The number of thiophene rings is 2. The van der Waals surface area contributed by atoms with Crippen molar-refractivity contribution in [1.82, 2.24) is 0 Å². The Bertz CT molecular complexity index is 2470. The molecule has 0 unspecified atom stereocenters. The number of fused-ring (bicyclic) bond motifs is 8. The van der Waals surface area contributed by atoms with E-state index in [9.17, 15) is 0 Å². The molecule has 0 radical (unpaired) electrons. The Kier molecular flexibility index (Phi) is 5.62. The summed E-state index contributed by atoms with van der Waals surface area (Å²) in [7, 11) is 0. The van der Waals surface area contributed by atoms with Gasteiger partial charge in [0.15, 0.2) is 0 Å². The van der Waals surface area contributed by atoms with Crippen LogP contribution in [0.1, 0.15) is 0 Å². The van der Waals surface area contributed by atoms with Gasteiger partial charge in [0, 0.05) is 57.3 Å². The fourth-order valence-electron chi connectivity index (χ4n) is 6.48. The lowest BCUT2D eigenvalue weighted by molar-refractivity contribution is 1.30. The highest BCUT2D eigenvalue weighted by Crippen LogP contribution is 2.46. The van der Waals surface area contributed by atoms with Gasteiger partial charge in [-0.15, -0.1) is 22.7 Å². The molecule has 7 aromatic carbocycles. The van der Waals surface area contributed by atoms with Crippen LogP contribution >= 0.6 is 22.7 Å². The largest absolute Gasteiger partial charge is 0.310 e. The van der Waals surface area contributed by atoms with Crippen molar-refractivity contribution in [3.05, 3.63) is 152 Å². The maximum atomic E-state index is 2.44. The van der Waals surface area contributed by atoms with Gasteiger partial charge < -0.3 is 4.90 Å². The molecule has 0 N–H and O–H groups in total. The van der Waals surface area contributed by atoms with Crippen LogP contribution in [-0.2, 0) is 0 Å². The lowest BCUT2D eigenvalue weighted by Crippen LogP contribution is -2.11. The van der Waals surface area contributed by atoms with Gasteiger partial charge in [0.1, 0.15) is 0 Å². The summed E-state index contributed by atoms with van der Waals surface area (Å²) in [6.45, 7) is 0. The first kappa shape index (κ1) is 24.6. The van der Waals surface area contributed by atoms with Crippen LogP contribution in [-0.4, -0.2) is 0 Å². The lowest BCUT2D eigenvalue weighted by Gasteiger charge is -2.28. The summed E-state index contributed by atoms with van der Waals surface area (Å²) >= 11 is 3.74. The van der Waals surface area contributed by atoms with E-state index in [2.05, 4.69) is 157 Å². The van der Waals surface area contributed by atoms with Crippen molar-refractivity contribution in [3.8, 4) is 11.1 Å². The molecule has 0 atom stereocenters. The van der Waals surface area contributed by atoms with Crippen molar-refractivity contribution >= 4 is 90.9 Å². The van der Waals surface area contributed by atoms with E-state index in [0.717, 1.165) is 17.1 Å². The summed E-state index contributed by atoms with van der Waals surface area (Å²) < 4.78 is 5.28. The molecular formula is C40H25NS2. The molecule has 3 heteroatoms. The lowest BCUT2D eigenvalue weighted by atomic mass is 10.00. The maximum Gasteiger partial charge on any atom is 0.0540 e. The summed E-state index contributed by atoms with van der Waals surface area (Å²) in [6.07, 6.45) is 0. The van der Waals surface area contributed by atoms with E-state index >= 15 is 0 Å². The SMILES string of the molecule is c1ccc(-c2ccccc2N(c2ccc3c(c2)sc2ccccc23)c2ccc3ccc4sc5ccccc5c4c3c2)cc1. The Morgan fingerprint density at radius 2 is 1.02 bits per heavy atom. The van der Waals surface area contributed by atoms with E-state index in [0.29, 0.717) is 0 Å². The molecule has 1 nitrogen and oxygen atoms in total. The quantitative estimate of drug-likeness (QED) is 0.199. The van der Waals surface area contributed by atoms with Gasteiger partial charge in [-0.1, -0.05) is 103 Å². The zero-order valence-electron chi connectivity index (χ0n) is 23.2. The van der Waals surface area contributed by atoms with Crippen LogP contribution in [0, 0.1) is 0 Å². The number of anilines is 3. The molecule has 2 aromatic heterocycles. The van der Waals surface area contributed by atoms with Crippen LogP contribution < -0.4 is 4.90 Å². The van der Waals surface area contributed by atoms with Crippen LogP contribution in [0.2, 0.25) is 0 Å². The number of benzene rings is 7.